The molecule has 0 aromatic carbocycles. The Morgan fingerprint density at radius 2 is 2.10 bits per heavy atom. The number of rotatable bonds is 2. The van der Waals surface area contributed by atoms with E-state index in [4.69, 9.17) is 0 Å². The minimum absolute atomic E-state index is 1.21. The highest BCUT2D eigenvalue weighted by Gasteiger charge is 2.15. The van der Waals surface area contributed by atoms with Gasteiger partial charge in [-0.25, -0.2) is 4.58 Å². The van der Waals surface area contributed by atoms with Crippen LogP contribution in [0.5, 0.6) is 0 Å². The van der Waals surface area contributed by atoms with E-state index in [1.54, 1.807) is 5.71 Å². The quantitative estimate of drug-likeness (QED) is 0.516. The second-order valence-electron chi connectivity index (χ2n) is 2.96. The molecule has 0 aromatic heterocycles. The van der Waals surface area contributed by atoms with Crippen LogP contribution in [0.1, 0.15) is 39.5 Å². The van der Waals surface area contributed by atoms with Crippen LogP contribution in [-0.2, 0) is 0 Å². The molecule has 1 rings (SSSR count). The summed E-state index contributed by atoms with van der Waals surface area (Å²) in [6, 6.07) is 0. The molecule has 0 unspecified atom stereocenters. The molecule has 1 heterocycles. The maximum Gasteiger partial charge on any atom is 0.151 e. The molecular weight excluding hydrogens is 122 g/mol. The van der Waals surface area contributed by atoms with E-state index in [1.807, 2.05) is 0 Å². The van der Waals surface area contributed by atoms with Crippen LogP contribution in [0.15, 0.2) is 0 Å². The summed E-state index contributed by atoms with van der Waals surface area (Å²) in [5.74, 6) is 0. The Morgan fingerprint density at radius 3 is 2.60 bits per heavy atom. The van der Waals surface area contributed by atoms with Crippen molar-refractivity contribution >= 4 is 5.71 Å². The lowest BCUT2D eigenvalue weighted by Crippen LogP contribution is -2.25. The second-order valence-corrected chi connectivity index (χ2v) is 2.96. The van der Waals surface area contributed by atoms with Crippen LogP contribution in [0.25, 0.3) is 0 Å². The van der Waals surface area contributed by atoms with Gasteiger partial charge >= 0.3 is 0 Å². The van der Waals surface area contributed by atoms with E-state index in [-0.39, 0.29) is 0 Å². The van der Waals surface area contributed by atoms with Gasteiger partial charge in [-0.15, -0.1) is 0 Å². The Kier molecular flexibility index (Phi) is 2.91. The van der Waals surface area contributed by atoms with E-state index in [2.05, 4.69) is 18.4 Å². The molecule has 1 nitrogen and oxygen atoms in total. The van der Waals surface area contributed by atoms with Crippen molar-refractivity contribution in [2.75, 3.05) is 13.1 Å². The molecule has 0 aromatic rings. The molecule has 0 N–H and O–H groups in total. The third kappa shape index (κ3) is 1.59. The fourth-order valence-corrected chi connectivity index (χ4v) is 1.73. The van der Waals surface area contributed by atoms with Gasteiger partial charge in [0.05, 0.1) is 0 Å². The summed E-state index contributed by atoms with van der Waals surface area (Å²) in [4.78, 5) is 0. The first-order valence-corrected chi connectivity index (χ1v) is 4.48. The van der Waals surface area contributed by atoms with Crippen molar-refractivity contribution in [2.24, 2.45) is 0 Å². The Labute approximate surface area is 63.8 Å². The van der Waals surface area contributed by atoms with Gasteiger partial charge in [0.25, 0.3) is 0 Å². The molecule has 1 aliphatic rings. The molecule has 0 radical (unpaired) electrons. The van der Waals surface area contributed by atoms with Crippen molar-refractivity contribution < 1.29 is 4.58 Å². The topological polar surface area (TPSA) is 3.01 Å². The highest BCUT2D eigenvalue weighted by Crippen LogP contribution is 2.07. The molecule has 10 heavy (non-hydrogen) atoms. The minimum atomic E-state index is 1.21. The van der Waals surface area contributed by atoms with Gasteiger partial charge in [-0.05, 0) is 13.3 Å². The maximum absolute atomic E-state index is 2.53. The normalized spacial score (nSPS) is 19.8. The van der Waals surface area contributed by atoms with Crippen LogP contribution < -0.4 is 0 Å². The van der Waals surface area contributed by atoms with Crippen molar-refractivity contribution in [3.63, 3.8) is 0 Å². The maximum atomic E-state index is 2.53. The van der Waals surface area contributed by atoms with Crippen molar-refractivity contribution in [1.29, 1.82) is 0 Å². The average molecular weight is 140 g/mol. The molecule has 1 aliphatic heterocycles. The summed E-state index contributed by atoms with van der Waals surface area (Å²) in [7, 11) is 0. The van der Waals surface area contributed by atoms with Gasteiger partial charge in [0, 0.05) is 19.3 Å². The van der Waals surface area contributed by atoms with E-state index in [9.17, 15) is 0 Å². The van der Waals surface area contributed by atoms with Crippen LogP contribution >= 0.6 is 0 Å². The van der Waals surface area contributed by atoms with Gasteiger partial charge in [-0.1, -0.05) is 6.92 Å². The Morgan fingerprint density at radius 1 is 1.30 bits per heavy atom. The third-order valence-corrected chi connectivity index (χ3v) is 2.38. The van der Waals surface area contributed by atoms with Gasteiger partial charge in [0.2, 0.25) is 0 Å². The zero-order valence-corrected chi connectivity index (χ0v) is 7.19. The zero-order valence-electron chi connectivity index (χ0n) is 7.19. The van der Waals surface area contributed by atoms with Crippen molar-refractivity contribution in [3.8, 4) is 0 Å². The number of hydrogen-bond acceptors (Lipinski definition) is 0. The Hall–Kier alpha value is -0.330. The first kappa shape index (κ1) is 7.77. The van der Waals surface area contributed by atoms with Crippen LogP contribution in [0, 0.1) is 0 Å². The summed E-state index contributed by atoms with van der Waals surface area (Å²) in [5.41, 5.74) is 1.67. The molecule has 0 amide bonds. The number of hydrogen-bond donors (Lipinski definition) is 0. The smallest absolute Gasteiger partial charge is 0.151 e. The second kappa shape index (κ2) is 3.75. The largest absolute Gasteiger partial charge is 0.237 e. The average Bonchev–Trinajstić information content (AvgIpc) is 2.04. The lowest BCUT2D eigenvalue weighted by Gasteiger charge is -2.12. The summed E-state index contributed by atoms with van der Waals surface area (Å²) in [6.07, 6.45) is 5.43. The molecular formula is C9H18N+. The Balaban J connectivity index is 2.63. The number of nitrogens with zero attached hydrogens (tertiary/aromatic N) is 1. The van der Waals surface area contributed by atoms with Crippen LogP contribution in [0.4, 0.5) is 0 Å². The first-order chi connectivity index (χ1) is 4.88. The van der Waals surface area contributed by atoms with E-state index in [0.717, 1.165) is 0 Å². The summed E-state index contributed by atoms with van der Waals surface area (Å²) in [5, 5.41) is 0. The minimum Gasteiger partial charge on any atom is -0.237 e. The van der Waals surface area contributed by atoms with E-state index >= 15 is 0 Å². The van der Waals surface area contributed by atoms with Crippen molar-refractivity contribution in [3.05, 3.63) is 0 Å². The van der Waals surface area contributed by atoms with Gasteiger partial charge in [-0.3, -0.25) is 0 Å². The molecule has 0 bridgehead atoms. The fourth-order valence-electron chi connectivity index (χ4n) is 1.73. The van der Waals surface area contributed by atoms with E-state index < -0.39 is 0 Å². The van der Waals surface area contributed by atoms with Gasteiger partial charge in [-0.2, -0.15) is 0 Å². The van der Waals surface area contributed by atoms with Gasteiger partial charge in [0.15, 0.2) is 5.71 Å². The molecule has 58 valence electrons. The van der Waals surface area contributed by atoms with Crippen molar-refractivity contribution in [1.82, 2.24) is 0 Å². The van der Waals surface area contributed by atoms with Crippen LogP contribution in [0.2, 0.25) is 0 Å². The third-order valence-electron chi connectivity index (χ3n) is 2.38. The zero-order chi connectivity index (χ0) is 7.40. The predicted octanol–water partition coefficient (Wildman–Crippen LogP) is 2.05. The molecule has 1 heteroatoms. The SMILES string of the molecule is CCC1=[N+](CC)CCCC1. The van der Waals surface area contributed by atoms with Crippen LogP contribution in [0.3, 0.4) is 0 Å². The molecule has 0 spiro atoms. The molecule has 0 atom stereocenters. The summed E-state index contributed by atoms with van der Waals surface area (Å²) >= 11 is 0. The summed E-state index contributed by atoms with van der Waals surface area (Å²) < 4.78 is 2.53. The highest BCUT2D eigenvalue weighted by molar-refractivity contribution is 5.79. The molecule has 0 aliphatic carbocycles. The lowest BCUT2D eigenvalue weighted by molar-refractivity contribution is -0.530. The van der Waals surface area contributed by atoms with Gasteiger partial charge < -0.3 is 0 Å². The standard InChI is InChI=1S/C9H18N/c1-3-9-7-5-6-8-10(9)4-2/h3-8H2,1-2H3/q+1. The fraction of sp³-hybridized carbons (Fsp3) is 0.889. The monoisotopic (exact) mass is 140 g/mol. The van der Waals surface area contributed by atoms with Crippen molar-refractivity contribution in [2.45, 2.75) is 39.5 Å². The predicted molar refractivity (Wildman–Crippen MR) is 44.8 cm³/mol. The van der Waals surface area contributed by atoms with Crippen LogP contribution in [-0.4, -0.2) is 23.4 Å². The molecule has 0 saturated heterocycles. The Bertz CT molecular complexity index is 120. The molecule has 0 saturated carbocycles. The highest BCUT2D eigenvalue weighted by atomic mass is 15.0. The van der Waals surface area contributed by atoms with E-state index in [1.165, 1.54) is 38.8 Å². The lowest BCUT2D eigenvalue weighted by atomic mass is 10.1. The van der Waals surface area contributed by atoms with Gasteiger partial charge in [0.1, 0.15) is 13.1 Å². The first-order valence-electron chi connectivity index (χ1n) is 4.48. The van der Waals surface area contributed by atoms with E-state index in [0.29, 0.717) is 0 Å². The molecule has 0 fully saturated rings. The summed E-state index contributed by atoms with van der Waals surface area (Å²) in [6.45, 7) is 7.03.